The van der Waals surface area contributed by atoms with Crippen molar-refractivity contribution in [1.29, 1.82) is 5.41 Å². The average molecular weight is 605 g/mol. The van der Waals surface area contributed by atoms with E-state index in [4.69, 9.17) is 25.0 Å². The molecular formula is C30H35F3N4O6. The van der Waals surface area contributed by atoms with Crippen molar-refractivity contribution in [3.63, 3.8) is 0 Å². The number of pyridine rings is 1. The lowest BCUT2D eigenvalue weighted by molar-refractivity contribution is -0.192. The molecule has 2 fully saturated rings. The molecule has 1 aromatic carbocycles. The number of nitrogens with one attached hydrogen (secondary N) is 1. The second-order valence-corrected chi connectivity index (χ2v) is 11.9. The molecule has 0 atom stereocenters. The molecule has 0 radical (unpaired) electrons. The lowest BCUT2D eigenvalue weighted by Crippen LogP contribution is -2.31. The number of fused-ring (bicyclic) bond motifs is 1. The summed E-state index contributed by atoms with van der Waals surface area (Å²) in [7, 11) is 0. The molecule has 1 aliphatic carbocycles. The number of halogens is 3. The van der Waals surface area contributed by atoms with Gasteiger partial charge in [0, 0.05) is 47.9 Å². The van der Waals surface area contributed by atoms with Gasteiger partial charge in [-0.25, -0.2) is 14.6 Å². The van der Waals surface area contributed by atoms with Crippen LogP contribution in [0.4, 0.5) is 18.9 Å². The van der Waals surface area contributed by atoms with Crippen LogP contribution in [0.3, 0.4) is 0 Å². The topological polar surface area (TPSA) is 144 Å². The molecule has 1 saturated carbocycles. The number of alkyl halides is 3. The Morgan fingerprint density at radius 3 is 2.23 bits per heavy atom. The molecule has 0 bridgehead atoms. The van der Waals surface area contributed by atoms with E-state index in [0.29, 0.717) is 35.3 Å². The molecule has 2 aliphatic heterocycles. The lowest BCUT2D eigenvalue weighted by Gasteiger charge is -2.29. The zero-order chi connectivity index (χ0) is 31.7. The number of hydrogen-bond acceptors (Lipinski definition) is 7. The Morgan fingerprint density at radius 1 is 1.07 bits per heavy atom. The molecule has 43 heavy (non-hydrogen) atoms. The summed E-state index contributed by atoms with van der Waals surface area (Å²) < 4.78 is 37.6. The number of ether oxygens (including phenoxy) is 1. The van der Waals surface area contributed by atoms with E-state index < -0.39 is 24.7 Å². The van der Waals surface area contributed by atoms with Gasteiger partial charge in [-0.1, -0.05) is 26.8 Å². The lowest BCUT2D eigenvalue weighted by atomic mass is 9.84. The number of benzene rings is 1. The SMILES string of the molecule is CC(C)(C)c1cc(C(=O)CN2Cc3ccc(C4CC4)nc3C2=N)cc(N2CCCC2)c1OCC(=O)O.O=C(O)C(F)(F)F. The predicted molar refractivity (Wildman–Crippen MR) is 151 cm³/mol. The summed E-state index contributed by atoms with van der Waals surface area (Å²) >= 11 is 0. The molecule has 10 nitrogen and oxygen atoms in total. The number of hydrogen-bond donors (Lipinski definition) is 3. The molecule has 0 unspecified atom stereocenters. The Kier molecular flexibility index (Phi) is 9.02. The Bertz CT molecular complexity index is 1430. The van der Waals surface area contributed by atoms with Gasteiger partial charge in [-0.05, 0) is 49.3 Å². The largest absolute Gasteiger partial charge is 0.490 e. The van der Waals surface area contributed by atoms with Crippen molar-refractivity contribution < 1.29 is 42.5 Å². The summed E-state index contributed by atoms with van der Waals surface area (Å²) in [5.41, 5.74) is 4.51. The van der Waals surface area contributed by atoms with E-state index in [-0.39, 0.29) is 17.7 Å². The molecule has 3 N–H and O–H groups in total. The van der Waals surface area contributed by atoms with Gasteiger partial charge >= 0.3 is 18.1 Å². The number of nitrogens with zero attached hydrogens (tertiary/aromatic N) is 3. The Labute approximate surface area is 247 Å². The molecule has 3 aliphatic rings. The van der Waals surface area contributed by atoms with Gasteiger partial charge < -0.3 is 24.7 Å². The predicted octanol–water partition coefficient (Wildman–Crippen LogP) is 4.98. The highest BCUT2D eigenvalue weighted by atomic mass is 19.4. The molecule has 5 rings (SSSR count). The maximum atomic E-state index is 13.6. The quantitative estimate of drug-likeness (QED) is 0.356. The summed E-state index contributed by atoms with van der Waals surface area (Å²) in [6.07, 6.45) is -0.688. The number of Topliss-reactive ketones (excluding diaryl/α,β-unsaturated/α-hetero) is 1. The van der Waals surface area contributed by atoms with Gasteiger partial charge in [-0.2, -0.15) is 13.2 Å². The number of aliphatic carboxylic acids is 2. The maximum absolute atomic E-state index is 13.6. The van der Waals surface area contributed by atoms with Crippen molar-refractivity contribution in [3.05, 3.63) is 52.3 Å². The number of aromatic nitrogens is 1. The van der Waals surface area contributed by atoms with Gasteiger partial charge in [0.15, 0.2) is 12.4 Å². The van der Waals surface area contributed by atoms with E-state index in [1.165, 1.54) is 0 Å². The van der Waals surface area contributed by atoms with Crippen molar-refractivity contribution in [3.8, 4) is 5.75 Å². The van der Waals surface area contributed by atoms with Gasteiger partial charge in [0.1, 0.15) is 17.3 Å². The van der Waals surface area contributed by atoms with E-state index in [2.05, 4.69) is 11.0 Å². The first kappa shape index (κ1) is 31.8. The molecular weight excluding hydrogens is 569 g/mol. The maximum Gasteiger partial charge on any atom is 0.490 e. The van der Waals surface area contributed by atoms with Crippen molar-refractivity contribution in [1.82, 2.24) is 9.88 Å². The third-order valence-electron chi connectivity index (χ3n) is 7.46. The Balaban J connectivity index is 0.000000541. The summed E-state index contributed by atoms with van der Waals surface area (Å²) in [5.74, 6) is -2.51. The minimum absolute atomic E-state index is 0.0781. The van der Waals surface area contributed by atoms with Gasteiger partial charge in [0.2, 0.25) is 0 Å². The number of anilines is 1. The number of amidine groups is 1. The zero-order valence-electron chi connectivity index (χ0n) is 24.3. The number of carbonyl (C=O) groups is 3. The highest BCUT2D eigenvalue weighted by Crippen LogP contribution is 2.42. The molecule has 0 amide bonds. The number of rotatable bonds is 8. The normalized spacial score (nSPS) is 16.5. The van der Waals surface area contributed by atoms with Crippen LogP contribution in [0, 0.1) is 5.41 Å². The fourth-order valence-corrected chi connectivity index (χ4v) is 5.09. The summed E-state index contributed by atoms with van der Waals surface area (Å²) in [4.78, 5) is 42.5. The van der Waals surface area contributed by atoms with Crippen molar-refractivity contribution in [2.45, 2.75) is 70.5 Å². The third kappa shape index (κ3) is 7.63. The first-order valence-corrected chi connectivity index (χ1v) is 14.0. The summed E-state index contributed by atoms with van der Waals surface area (Å²) in [5, 5.41) is 25.1. The molecule has 2 aromatic rings. The van der Waals surface area contributed by atoms with E-state index in [9.17, 15) is 27.9 Å². The van der Waals surface area contributed by atoms with Crippen molar-refractivity contribution >= 4 is 29.2 Å². The van der Waals surface area contributed by atoms with Crippen LogP contribution in [-0.2, 0) is 21.5 Å². The van der Waals surface area contributed by atoms with Crippen molar-refractivity contribution in [2.24, 2.45) is 0 Å². The second kappa shape index (κ2) is 12.2. The van der Waals surface area contributed by atoms with Gasteiger partial charge in [-0.15, -0.1) is 0 Å². The number of ketones is 1. The van der Waals surface area contributed by atoms with Gasteiger partial charge in [-0.3, -0.25) is 10.2 Å². The minimum Gasteiger partial charge on any atom is -0.479 e. The van der Waals surface area contributed by atoms with Gasteiger partial charge in [0.05, 0.1) is 12.2 Å². The van der Waals surface area contributed by atoms with E-state index in [1.807, 2.05) is 39.0 Å². The van der Waals surface area contributed by atoms with E-state index in [0.717, 1.165) is 61.3 Å². The van der Waals surface area contributed by atoms with Crippen LogP contribution < -0.4 is 9.64 Å². The first-order chi connectivity index (χ1) is 20.1. The van der Waals surface area contributed by atoms with Crippen molar-refractivity contribution in [2.75, 3.05) is 31.1 Å². The first-order valence-electron chi connectivity index (χ1n) is 14.0. The monoisotopic (exact) mass is 604 g/mol. The third-order valence-corrected chi connectivity index (χ3v) is 7.46. The van der Waals surface area contributed by atoms with Crippen LogP contribution in [0.25, 0.3) is 0 Å². The fraction of sp³-hybridized carbons (Fsp3) is 0.500. The van der Waals surface area contributed by atoms with Crippen LogP contribution >= 0.6 is 0 Å². The Hall–Kier alpha value is -4.16. The molecule has 1 aromatic heterocycles. The number of carbonyl (C=O) groups excluding carboxylic acids is 1. The summed E-state index contributed by atoms with van der Waals surface area (Å²) in [6, 6.07) is 7.79. The highest BCUT2D eigenvalue weighted by molar-refractivity contribution is 6.05. The van der Waals surface area contributed by atoms with Crippen LogP contribution in [-0.4, -0.2) is 76.1 Å². The molecule has 13 heteroatoms. The minimum atomic E-state index is -5.08. The van der Waals surface area contributed by atoms with Crippen LogP contribution in [0.15, 0.2) is 24.3 Å². The number of carboxylic acids is 2. The Morgan fingerprint density at radius 2 is 1.70 bits per heavy atom. The van der Waals surface area contributed by atoms with Crippen LogP contribution in [0.5, 0.6) is 5.75 Å². The fourth-order valence-electron chi connectivity index (χ4n) is 5.09. The summed E-state index contributed by atoms with van der Waals surface area (Å²) in [6.45, 7) is 7.94. The van der Waals surface area contributed by atoms with Gasteiger partial charge in [0.25, 0.3) is 0 Å². The molecule has 0 spiro atoms. The van der Waals surface area contributed by atoms with E-state index in [1.54, 1.807) is 4.90 Å². The molecule has 3 heterocycles. The zero-order valence-corrected chi connectivity index (χ0v) is 24.3. The van der Waals surface area contributed by atoms with Crippen LogP contribution in [0.1, 0.15) is 85.2 Å². The van der Waals surface area contributed by atoms with E-state index >= 15 is 0 Å². The highest BCUT2D eigenvalue weighted by Gasteiger charge is 2.38. The molecule has 1 saturated heterocycles. The standard InChI is InChI=1S/C28H34N4O4.C2HF3O2/c1-28(2,3)20-12-19(13-22(31-10-4-5-11-31)26(20)36-16-24(34)35)23(33)15-32-14-18-8-9-21(17-6-7-17)30-25(18)27(32)29;3-2(4,5)1(6)7/h8-9,12-13,17,29H,4-7,10-11,14-16H2,1-3H3,(H,34,35);(H,6,7). The van der Waals surface area contributed by atoms with Crippen LogP contribution in [0.2, 0.25) is 0 Å². The second-order valence-electron chi connectivity index (χ2n) is 11.9. The molecule has 232 valence electrons. The average Bonchev–Trinajstić information content (AvgIpc) is 3.54. The number of carboxylic acid groups (broad SMARTS) is 2. The smallest absolute Gasteiger partial charge is 0.479 e.